The number of nitrogens with zero attached hydrogens (tertiary/aromatic N) is 4. The minimum absolute atomic E-state index is 0.346. The molecule has 0 radical (unpaired) electrons. The van der Waals surface area contributed by atoms with E-state index in [-0.39, 0.29) is 0 Å². The highest BCUT2D eigenvalue weighted by molar-refractivity contribution is 5.86. The summed E-state index contributed by atoms with van der Waals surface area (Å²) >= 11 is 0. The first-order chi connectivity index (χ1) is 21.3. The van der Waals surface area contributed by atoms with Gasteiger partial charge >= 0.3 is 0 Å². The normalized spacial score (nSPS) is 9.86. The van der Waals surface area contributed by atoms with Crippen LogP contribution in [0.5, 0.6) is 0 Å². The average Bonchev–Trinajstić information content (AvgIpc) is 3.06. The van der Waals surface area contributed by atoms with Gasteiger partial charge in [-0.15, -0.1) is 0 Å². The zero-order valence-corrected chi connectivity index (χ0v) is 25.2. The van der Waals surface area contributed by atoms with Gasteiger partial charge in [0.25, 0.3) is 0 Å². The molecule has 210 valence electrons. The van der Waals surface area contributed by atoms with Crippen molar-refractivity contribution in [3.8, 4) is 58.1 Å². The van der Waals surface area contributed by atoms with Crippen molar-refractivity contribution in [3.05, 3.63) is 143 Å². The minimum Gasteiger partial charge on any atom is -0.378 e. The van der Waals surface area contributed by atoms with E-state index in [4.69, 9.17) is 0 Å². The van der Waals surface area contributed by atoms with E-state index < -0.39 is 0 Å². The van der Waals surface area contributed by atoms with Gasteiger partial charge in [-0.1, -0.05) is 47.9 Å². The van der Waals surface area contributed by atoms with Crippen molar-refractivity contribution < 1.29 is 0 Å². The summed E-state index contributed by atoms with van der Waals surface area (Å²) in [6.07, 6.45) is 0. The minimum atomic E-state index is 0.346. The van der Waals surface area contributed by atoms with Crippen molar-refractivity contribution in [3.63, 3.8) is 0 Å². The molecule has 0 bridgehead atoms. The monoisotopic (exact) mass is 566 g/mol. The SMILES string of the molecule is CN(C)c1ccc(C#Cc2ccc(-c3cc(C#N)c(C#N)cc3-c3ccc(C#Cc4ccc(N(C)C)cc4)cc3)cc2)cc1. The standard InChI is InChI=1S/C40H30N4/c1-43(2)37-21-13-31(14-22-37)7-5-29-9-17-33(18-10-29)39-25-35(27-41)36(28-42)26-40(39)34-19-11-30(12-20-34)6-8-32-15-23-38(24-16-32)44(3)4/h9-26H,1-4H3. The Hall–Kier alpha value is -6.20. The lowest BCUT2D eigenvalue weighted by Gasteiger charge is -2.13. The topological polar surface area (TPSA) is 54.1 Å². The highest BCUT2D eigenvalue weighted by Crippen LogP contribution is 2.35. The van der Waals surface area contributed by atoms with E-state index in [0.717, 1.165) is 55.9 Å². The molecule has 0 N–H and O–H groups in total. The lowest BCUT2D eigenvalue weighted by Crippen LogP contribution is -2.07. The molecular weight excluding hydrogens is 536 g/mol. The molecule has 0 heterocycles. The van der Waals surface area contributed by atoms with E-state index in [0.29, 0.717) is 11.1 Å². The lowest BCUT2D eigenvalue weighted by molar-refractivity contribution is 1.13. The molecular formula is C40H30N4. The van der Waals surface area contributed by atoms with Gasteiger partial charge in [0, 0.05) is 61.8 Å². The summed E-state index contributed by atoms with van der Waals surface area (Å²) in [5.74, 6) is 12.9. The molecule has 5 rings (SSSR count). The molecule has 0 aromatic heterocycles. The molecule has 5 aromatic carbocycles. The zero-order chi connectivity index (χ0) is 31.1. The Balaban J connectivity index is 1.43. The van der Waals surface area contributed by atoms with Gasteiger partial charge in [-0.05, 0) is 107 Å². The molecule has 0 spiro atoms. The highest BCUT2D eigenvalue weighted by Gasteiger charge is 2.13. The van der Waals surface area contributed by atoms with E-state index in [2.05, 4.69) is 69.9 Å². The van der Waals surface area contributed by atoms with Crippen LogP contribution < -0.4 is 9.80 Å². The van der Waals surface area contributed by atoms with Crippen LogP contribution in [0.4, 0.5) is 11.4 Å². The second kappa shape index (κ2) is 13.2. The van der Waals surface area contributed by atoms with Crippen LogP contribution in [0.3, 0.4) is 0 Å². The third kappa shape index (κ3) is 6.81. The third-order valence-electron chi connectivity index (χ3n) is 7.26. The fraction of sp³-hybridized carbons (Fsp3) is 0.100. The first-order valence-electron chi connectivity index (χ1n) is 14.1. The molecule has 0 saturated heterocycles. The molecule has 0 unspecified atom stereocenters. The van der Waals surface area contributed by atoms with Gasteiger partial charge < -0.3 is 9.80 Å². The summed E-state index contributed by atoms with van der Waals surface area (Å²) in [5, 5.41) is 19.5. The predicted octanol–water partition coefficient (Wildman–Crippen LogP) is 7.70. The van der Waals surface area contributed by atoms with Crippen molar-refractivity contribution >= 4 is 11.4 Å². The Morgan fingerprint density at radius 1 is 0.409 bits per heavy atom. The molecule has 5 aromatic rings. The molecule has 4 heteroatoms. The van der Waals surface area contributed by atoms with Crippen LogP contribution in [-0.4, -0.2) is 28.2 Å². The Morgan fingerprint density at radius 2 is 0.682 bits per heavy atom. The highest BCUT2D eigenvalue weighted by atomic mass is 15.1. The predicted molar refractivity (Wildman–Crippen MR) is 180 cm³/mol. The zero-order valence-electron chi connectivity index (χ0n) is 25.2. The number of nitriles is 2. The van der Waals surface area contributed by atoms with Crippen LogP contribution in [0, 0.1) is 46.3 Å². The van der Waals surface area contributed by atoms with Crippen LogP contribution in [0.2, 0.25) is 0 Å². The largest absolute Gasteiger partial charge is 0.378 e. The molecule has 0 fully saturated rings. The van der Waals surface area contributed by atoms with Gasteiger partial charge in [-0.25, -0.2) is 0 Å². The second-order valence-electron chi connectivity index (χ2n) is 10.7. The third-order valence-corrected chi connectivity index (χ3v) is 7.26. The lowest BCUT2D eigenvalue weighted by atomic mass is 9.90. The molecule has 0 aliphatic rings. The van der Waals surface area contributed by atoms with Gasteiger partial charge in [0.15, 0.2) is 0 Å². The van der Waals surface area contributed by atoms with Gasteiger partial charge in [-0.2, -0.15) is 10.5 Å². The maximum Gasteiger partial charge on any atom is 0.101 e. The average molecular weight is 567 g/mol. The first kappa shape index (κ1) is 29.3. The van der Waals surface area contributed by atoms with Crippen molar-refractivity contribution in [2.45, 2.75) is 0 Å². The molecule has 0 saturated carbocycles. The molecule has 44 heavy (non-hydrogen) atoms. The maximum atomic E-state index is 9.74. The van der Waals surface area contributed by atoms with E-state index in [1.165, 1.54) is 0 Å². The summed E-state index contributed by atoms with van der Waals surface area (Å²) in [7, 11) is 8.05. The number of rotatable bonds is 4. The van der Waals surface area contributed by atoms with E-state index >= 15 is 0 Å². The first-order valence-corrected chi connectivity index (χ1v) is 14.1. The summed E-state index contributed by atoms with van der Waals surface area (Å²) in [6, 6.07) is 40.2. The van der Waals surface area contributed by atoms with Gasteiger partial charge in [0.1, 0.15) is 12.1 Å². The van der Waals surface area contributed by atoms with Gasteiger partial charge in [-0.3, -0.25) is 0 Å². The van der Waals surface area contributed by atoms with Crippen molar-refractivity contribution in [1.82, 2.24) is 0 Å². The fourth-order valence-electron chi connectivity index (χ4n) is 4.70. The summed E-state index contributed by atoms with van der Waals surface area (Å²) in [6.45, 7) is 0. The Bertz CT molecular complexity index is 1850. The van der Waals surface area contributed by atoms with Crippen LogP contribution in [0.15, 0.2) is 109 Å². The van der Waals surface area contributed by atoms with E-state index in [1.54, 1.807) is 12.1 Å². The van der Waals surface area contributed by atoms with Crippen molar-refractivity contribution in [2.75, 3.05) is 38.0 Å². The Morgan fingerprint density at radius 3 is 0.932 bits per heavy atom. The smallest absolute Gasteiger partial charge is 0.101 e. The van der Waals surface area contributed by atoms with Gasteiger partial charge in [0.05, 0.1) is 11.1 Å². The summed E-state index contributed by atoms with van der Waals surface area (Å²) in [4.78, 5) is 4.11. The van der Waals surface area contributed by atoms with Crippen LogP contribution in [0.25, 0.3) is 22.3 Å². The van der Waals surface area contributed by atoms with Crippen molar-refractivity contribution in [2.24, 2.45) is 0 Å². The number of hydrogen-bond donors (Lipinski definition) is 0. The number of benzene rings is 5. The summed E-state index contributed by atoms with van der Waals surface area (Å²) in [5.41, 5.74) is 10.2. The van der Waals surface area contributed by atoms with Crippen LogP contribution in [0.1, 0.15) is 33.4 Å². The maximum absolute atomic E-state index is 9.74. The quantitative estimate of drug-likeness (QED) is 0.209. The van der Waals surface area contributed by atoms with Crippen LogP contribution >= 0.6 is 0 Å². The van der Waals surface area contributed by atoms with Crippen LogP contribution in [-0.2, 0) is 0 Å². The fourth-order valence-corrected chi connectivity index (χ4v) is 4.70. The van der Waals surface area contributed by atoms with E-state index in [9.17, 15) is 10.5 Å². The number of anilines is 2. The Kier molecular flexibility index (Phi) is 8.78. The summed E-state index contributed by atoms with van der Waals surface area (Å²) < 4.78 is 0. The Labute approximate surface area is 260 Å². The van der Waals surface area contributed by atoms with Crippen molar-refractivity contribution in [1.29, 1.82) is 10.5 Å². The number of hydrogen-bond acceptors (Lipinski definition) is 4. The second-order valence-corrected chi connectivity index (χ2v) is 10.7. The molecule has 0 aliphatic carbocycles. The molecule has 0 aliphatic heterocycles. The van der Waals surface area contributed by atoms with E-state index in [1.807, 2.05) is 101 Å². The molecule has 4 nitrogen and oxygen atoms in total. The molecule has 0 amide bonds. The van der Waals surface area contributed by atoms with Gasteiger partial charge in [0.2, 0.25) is 0 Å². The molecule has 0 atom stereocenters.